The third kappa shape index (κ3) is 2.52. The molecule has 0 spiro atoms. The van der Waals surface area contributed by atoms with Gasteiger partial charge in [0.15, 0.2) is 11.5 Å². The lowest BCUT2D eigenvalue weighted by molar-refractivity contribution is -0.163. The minimum atomic E-state index is -0.361. The molecule has 1 N–H and O–H groups in total. The van der Waals surface area contributed by atoms with Crippen LogP contribution in [0.4, 0.5) is 0 Å². The molecule has 6 atom stereocenters. The Morgan fingerprint density at radius 3 is 2.79 bits per heavy atom. The van der Waals surface area contributed by atoms with Crippen LogP contribution in [0.1, 0.15) is 43.7 Å². The van der Waals surface area contributed by atoms with E-state index >= 15 is 0 Å². The Hall–Kier alpha value is -2.28. The lowest BCUT2D eigenvalue weighted by Gasteiger charge is -2.51. The number of hydrogen-bond acceptors (Lipinski definition) is 5. The minimum Gasteiger partial charge on any atom is -0.454 e. The third-order valence-electron chi connectivity index (χ3n) is 7.77. The highest BCUT2D eigenvalue weighted by atomic mass is 16.7. The van der Waals surface area contributed by atoms with Crippen molar-refractivity contribution < 1.29 is 19.1 Å². The normalized spacial score (nSPS) is 38.0. The number of piperazine rings is 1. The highest BCUT2D eigenvalue weighted by Gasteiger charge is 2.57. The number of ether oxygens (including phenoxy) is 2. The van der Waals surface area contributed by atoms with E-state index in [-0.39, 0.29) is 43.3 Å². The molecule has 4 heterocycles. The van der Waals surface area contributed by atoms with Gasteiger partial charge in [0.25, 0.3) is 0 Å². The average molecular weight is 397 g/mol. The van der Waals surface area contributed by atoms with Gasteiger partial charge in [-0.3, -0.25) is 9.59 Å². The maximum absolute atomic E-state index is 13.2. The summed E-state index contributed by atoms with van der Waals surface area (Å²) in [6.45, 7) is 0.382. The van der Waals surface area contributed by atoms with Crippen molar-refractivity contribution in [2.45, 2.75) is 56.3 Å². The second-order valence-electron chi connectivity index (χ2n) is 9.22. The van der Waals surface area contributed by atoms with Crippen LogP contribution in [0.25, 0.3) is 0 Å². The van der Waals surface area contributed by atoms with Gasteiger partial charge in [0.2, 0.25) is 18.6 Å². The van der Waals surface area contributed by atoms with E-state index in [0.29, 0.717) is 17.9 Å². The zero-order chi connectivity index (χ0) is 19.7. The molecule has 1 aromatic rings. The standard InChI is InChI=1S/C22H27N3O4/c1-24-10-19(26)25-16(22(24)27)9-14-13-4-2-3-5-15(13)23-20(14)21(25)12-6-7-17-18(8-12)29-11-28-17/h6-8,13-16,20-21,23H,2-5,9-11H2,1H3/t13?,14?,15?,16-,20?,21-/m1/s1. The first kappa shape index (κ1) is 17.6. The van der Waals surface area contributed by atoms with Crippen molar-refractivity contribution in [3.63, 3.8) is 0 Å². The lowest BCUT2D eigenvalue weighted by atomic mass is 9.70. The van der Waals surface area contributed by atoms with Crippen molar-refractivity contribution in [1.82, 2.24) is 15.1 Å². The topological polar surface area (TPSA) is 71.1 Å². The molecule has 4 fully saturated rings. The van der Waals surface area contributed by atoms with Crippen LogP contribution < -0.4 is 14.8 Å². The molecule has 2 amide bonds. The fourth-order valence-corrected chi connectivity index (χ4v) is 6.53. The molecule has 7 heteroatoms. The summed E-state index contributed by atoms with van der Waals surface area (Å²) in [6, 6.07) is 6.15. The third-order valence-corrected chi connectivity index (χ3v) is 7.77. The number of carbonyl (C=O) groups excluding carboxylic acids is 2. The first-order chi connectivity index (χ1) is 14.1. The van der Waals surface area contributed by atoms with Gasteiger partial charge in [-0.25, -0.2) is 0 Å². The van der Waals surface area contributed by atoms with E-state index in [1.165, 1.54) is 25.7 Å². The van der Waals surface area contributed by atoms with Crippen molar-refractivity contribution in [3.05, 3.63) is 23.8 Å². The summed E-state index contributed by atoms with van der Waals surface area (Å²) in [6.07, 6.45) is 5.71. The van der Waals surface area contributed by atoms with E-state index < -0.39 is 0 Å². The number of hydrogen-bond donors (Lipinski definition) is 1. The van der Waals surface area contributed by atoms with Gasteiger partial charge >= 0.3 is 0 Å². The summed E-state index contributed by atoms with van der Waals surface area (Å²) in [5.74, 6) is 2.60. The van der Waals surface area contributed by atoms with Gasteiger partial charge in [-0.05, 0) is 48.8 Å². The summed E-state index contributed by atoms with van der Waals surface area (Å²) in [5, 5.41) is 3.90. The summed E-state index contributed by atoms with van der Waals surface area (Å²) in [7, 11) is 1.75. The second kappa shape index (κ2) is 6.36. The Labute approximate surface area is 170 Å². The van der Waals surface area contributed by atoms with E-state index in [1.807, 2.05) is 23.1 Å². The van der Waals surface area contributed by atoms with Crippen LogP contribution in [0.3, 0.4) is 0 Å². The fourth-order valence-electron chi connectivity index (χ4n) is 6.53. The largest absolute Gasteiger partial charge is 0.454 e. The summed E-state index contributed by atoms with van der Waals surface area (Å²) in [5.41, 5.74) is 1.03. The fraction of sp³-hybridized carbons (Fsp3) is 0.636. The Bertz CT molecular complexity index is 874. The van der Waals surface area contributed by atoms with Crippen LogP contribution in [0.5, 0.6) is 11.5 Å². The molecule has 4 aliphatic heterocycles. The minimum absolute atomic E-state index is 0.0369. The Morgan fingerprint density at radius 2 is 1.90 bits per heavy atom. The number of carbonyl (C=O) groups is 2. The molecule has 4 unspecified atom stereocenters. The molecule has 1 saturated carbocycles. The summed E-state index contributed by atoms with van der Waals surface area (Å²) < 4.78 is 11.1. The highest BCUT2D eigenvalue weighted by Crippen LogP contribution is 2.51. The van der Waals surface area contributed by atoms with Crippen LogP contribution in [0.15, 0.2) is 18.2 Å². The Morgan fingerprint density at radius 1 is 1.07 bits per heavy atom. The van der Waals surface area contributed by atoms with Crippen LogP contribution in [0, 0.1) is 11.8 Å². The van der Waals surface area contributed by atoms with E-state index in [4.69, 9.17) is 9.47 Å². The first-order valence-electron chi connectivity index (χ1n) is 10.8. The molecule has 29 heavy (non-hydrogen) atoms. The predicted octanol–water partition coefficient (Wildman–Crippen LogP) is 1.68. The van der Waals surface area contributed by atoms with Crippen molar-refractivity contribution in [2.75, 3.05) is 20.4 Å². The van der Waals surface area contributed by atoms with Gasteiger partial charge in [0.05, 0.1) is 12.6 Å². The quantitative estimate of drug-likeness (QED) is 0.781. The maximum atomic E-state index is 13.2. The highest BCUT2D eigenvalue weighted by molar-refractivity contribution is 5.95. The zero-order valence-corrected chi connectivity index (χ0v) is 16.7. The summed E-state index contributed by atoms with van der Waals surface area (Å²) in [4.78, 5) is 29.7. The monoisotopic (exact) mass is 397 g/mol. The van der Waals surface area contributed by atoms with Crippen LogP contribution in [-0.4, -0.2) is 60.1 Å². The number of fused-ring (bicyclic) bond motifs is 5. The molecule has 154 valence electrons. The molecule has 1 aromatic carbocycles. The van der Waals surface area contributed by atoms with Crippen LogP contribution in [0.2, 0.25) is 0 Å². The number of rotatable bonds is 1. The Balaban J connectivity index is 1.45. The lowest BCUT2D eigenvalue weighted by Crippen LogP contribution is -2.65. The van der Waals surface area contributed by atoms with Gasteiger partial charge < -0.3 is 24.6 Å². The number of nitrogens with one attached hydrogen (secondary N) is 1. The molecule has 0 aromatic heterocycles. The molecule has 0 radical (unpaired) electrons. The first-order valence-corrected chi connectivity index (χ1v) is 10.8. The smallest absolute Gasteiger partial charge is 0.245 e. The van der Waals surface area contributed by atoms with Gasteiger partial charge in [-0.15, -0.1) is 0 Å². The van der Waals surface area contributed by atoms with E-state index in [9.17, 15) is 9.59 Å². The second-order valence-corrected chi connectivity index (χ2v) is 9.22. The molecular formula is C22H27N3O4. The van der Waals surface area contributed by atoms with Gasteiger partial charge in [0, 0.05) is 19.1 Å². The molecule has 0 bridgehead atoms. The van der Waals surface area contributed by atoms with Gasteiger partial charge in [-0.1, -0.05) is 18.9 Å². The molecular weight excluding hydrogens is 370 g/mol. The number of amides is 2. The predicted molar refractivity (Wildman–Crippen MR) is 104 cm³/mol. The SMILES string of the molecule is CN1CC(=O)N2[C@H](CC3C4CCCCC4NC3[C@H]2c2ccc3c(c2)OCO3)C1=O. The van der Waals surface area contributed by atoms with Crippen molar-refractivity contribution in [3.8, 4) is 11.5 Å². The molecule has 1 aliphatic carbocycles. The number of likely N-dealkylation sites (N-methyl/N-ethyl adjacent to an activating group) is 1. The maximum Gasteiger partial charge on any atom is 0.245 e. The molecule has 3 saturated heterocycles. The number of nitrogens with zero attached hydrogens (tertiary/aromatic N) is 2. The van der Waals surface area contributed by atoms with Crippen LogP contribution in [-0.2, 0) is 9.59 Å². The van der Waals surface area contributed by atoms with Gasteiger partial charge in [-0.2, -0.15) is 0 Å². The molecule has 7 nitrogen and oxygen atoms in total. The number of benzene rings is 1. The van der Waals surface area contributed by atoms with E-state index in [1.54, 1.807) is 11.9 Å². The van der Waals surface area contributed by atoms with Crippen LogP contribution >= 0.6 is 0 Å². The van der Waals surface area contributed by atoms with Crippen molar-refractivity contribution >= 4 is 11.8 Å². The van der Waals surface area contributed by atoms with E-state index in [2.05, 4.69) is 5.32 Å². The van der Waals surface area contributed by atoms with Crippen molar-refractivity contribution in [2.24, 2.45) is 11.8 Å². The number of piperidine rings is 1. The van der Waals surface area contributed by atoms with Crippen molar-refractivity contribution in [1.29, 1.82) is 0 Å². The Kier molecular flexibility index (Phi) is 3.85. The van der Waals surface area contributed by atoms with Gasteiger partial charge in [0.1, 0.15) is 6.04 Å². The average Bonchev–Trinajstić information content (AvgIpc) is 3.34. The molecule has 5 aliphatic rings. The van der Waals surface area contributed by atoms with E-state index in [0.717, 1.165) is 23.5 Å². The molecule has 6 rings (SSSR count). The zero-order valence-electron chi connectivity index (χ0n) is 16.7. The summed E-state index contributed by atoms with van der Waals surface area (Å²) >= 11 is 0.